The molecule has 0 aliphatic rings. The maximum absolute atomic E-state index is 10.8. The standard InChI is InChI=1S/C18H30O4Si/c1-7-16(13-22-23(5,6)18(2,3)4)21-12-14-8-10-15(11-9-14)17(19)20/h8-11,16H,7,12-13H2,1-6H3,(H,19,20). The highest BCUT2D eigenvalue weighted by atomic mass is 28.4. The van der Waals surface area contributed by atoms with Crippen molar-refractivity contribution < 1.29 is 19.1 Å². The van der Waals surface area contributed by atoms with Crippen LogP contribution in [0.25, 0.3) is 0 Å². The number of aromatic carboxylic acids is 1. The fraction of sp³-hybridized carbons (Fsp3) is 0.611. The molecule has 23 heavy (non-hydrogen) atoms. The van der Waals surface area contributed by atoms with Crippen molar-refractivity contribution in [1.82, 2.24) is 0 Å². The topological polar surface area (TPSA) is 55.8 Å². The van der Waals surface area contributed by atoms with Crippen LogP contribution in [0, 0.1) is 0 Å². The SMILES string of the molecule is CCC(CO[Si](C)(C)C(C)(C)C)OCc1ccc(C(=O)O)cc1. The summed E-state index contributed by atoms with van der Waals surface area (Å²) in [5, 5.41) is 9.09. The molecular formula is C18H30O4Si. The monoisotopic (exact) mass is 338 g/mol. The molecular weight excluding hydrogens is 308 g/mol. The maximum atomic E-state index is 10.8. The van der Waals surface area contributed by atoms with E-state index in [0.29, 0.717) is 18.8 Å². The molecule has 0 radical (unpaired) electrons. The van der Waals surface area contributed by atoms with E-state index in [1.807, 2.05) is 0 Å². The number of carboxylic acid groups (broad SMARTS) is 1. The first-order chi connectivity index (χ1) is 10.6. The third kappa shape index (κ3) is 6.09. The van der Waals surface area contributed by atoms with Crippen LogP contribution in [0.4, 0.5) is 0 Å². The molecule has 0 aromatic heterocycles. The Morgan fingerprint density at radius 1 is 1.22 bits per heavy atom. The van der Waals surface area contributed by atoms with Gasteiger partial charge in [0.2, 0.25) is 0 Å². The fourth-order valence-corrected chi connectivity index (χ4v) is 2.79. The zero-order chi connectivity index (χ0) is 17.7. The molecule has 130 valence electrons. The Morgan fingerprint density at radius 3 is 2.22 bits per heavy atom. The van der Waals surface area contributed by atoms with E-state index in [-0.39, 0.29) is 11.1 Å². The lowest BCUT2D eigenvalue weighted by Gasteiger charge is -2.37. The van der Waals surface area contributed by atoms with Gasteiger partial charge in [-0.15, -0.1) is 0 Å². The molecule has 1 unspecified atom stereocenters. The Labute approximate surface area is 140 Å². The Bertz CT molecular complexity index is 503. The van der Waals surface area contributed by atoms with E-state index >= 15 is 0 Å². The first-order valence-corrected chi connectivity index (χ1v) is 11.1. The predicted octanol–water partition coefficient (Wildman–Crippen LogP) is 4.70. The van der Waals surface area contributed by atoms with Gasteiger partial charge in [0, 0.05) is 0 Å². The van der Waals surface area contributed by atoms with Crippen LogP contribution in [-0.4, -0.2) is 32.1 Å². The molecule has 1 aromatic rings. The minimum Gasteiger partial charge on any atom is -0.478 e. The minimum absolute atomic E-state index is 0.0586. The van der Waals surface area contributed by atoms with Gasteiger partial charge in [0.1, 0.15) is 0 Å². The molecule has 5 heteroatoms. The maximum Gasteiger partial charge on any atom is 0.335 e. The van der Waals surface area contributed by atoms with E-state index in [1.165, 1.54) is 0 Å². The molecule has 1 aromatic carbocycles. The highest BCUT2D eigenvalue weighted by Crippen LogP contribution is 2.36. The van der Waals surface area contributed by atoms with Gasteiger partial charge in [0.25, 0.3) is 0 Å². The van der Waals surface area contributed by atoms with E-state index in [4.69, 9.17) is 14.3 Å². The number of carbonyl (C=O) groups is 1. The lowest BCUT2D eigenvalue weighted by atomic mass is 10.1. The van der Waals surface area contributed by atoms with Gasteiger partial charge in [-0.2, -0.15) is 0 Å². The molecule has 0 bridgehead atoms. The van der Waals surface area contributed by atoms with E-state index in [9.17, 15) is 4.79 Å². The first kappa shape index (κ1) is 19.9. The van der Waals surface area contributed by atoms with Crippen LogP contribution in [0.1, 0.15) is 50.0 Å². The number of carboxylic acids is 1. The van der Waals surface area contributed by atoms with Gasteiger partial charge in [-0.25, -0.2) is 4.79 Å². The number of hydrogen-bond acceptors (Lipinski definition) is 3. The number of rotatable bonds is 8. The molecule has 0 spiro atoms. The van der Waals surface area contributed by atoms with E-state index in [2.05, 4.69) is 40.8 Å². The molecule has 0 heterocycles. The molecule has 0 saturated carbocycles. The lowest BCUT2D eigenvalue weighted by molar-refractivity contribution is 0.00410. The van der Waals surface area contributed by atoms with Gasteiger partial charge in [0.15, 0.2) is 8.32 Å². The van der Waals surface area contributed by atoms with Crippen LogP contribution < -0.4 is 0 Å². The summed E-state index contributed by atoms with van der Waals surface area (Å²) in [6.45, 7) is 14.3. The third-order valence-electron chi connectivity index (χ3n) is 4.58. The normalized spacial score (nSPS) is 13.8. The Morgan fingerprint density at radius 2 is 1.78 bits per heavy atom. The Kier molecular flexibility index (Phi) is 6.98. The molecule has 1 atom stereocenters. The van der Waals surface area contributed by atoms with Crippen molar-refractivity contribution >= 4 is 14.3 Å². The van der Waals surface area contributed by atoms with Gasteiger partial charge in [-0.1, -0.05) is 39.8 Å². The van der Waals surface area contributed by atoms with Gasteiger partial charge in [0.05, 0.1) is 24.9 Å². The zero-order valence-corrected chi connectivity index (χ0v) is 16.2. The predicted molar refractivity (Wildman–Crippen MR) is 95.4 cm³/mol. The van der Waals surface area contributed by atoms with Gasteiger partial charge >= 0.3 is 5.97 Å². The van der Waals surface area contributed by atoms with Gasteiger partial charge in [-0.3, -0.25) is 0 Å². The summed E-state index contributed by atoms with van der Waals surface area (Å²) in [7, 11) is -1.76. The lowest BCUT2D eigenvalue weighted by Crippen LogP contribution is -2.42. The summed E-state index contributed by atoms with van der Waals surface area (Å²) in [5.74, 6) is -0.910. The van der Waals surface area contributed by atoms with Crippen LogP contribution in [0.3, 0.4) is 0 Å². The van der Waals surface area contributed by atoms with Crippen LogP contribution >= 0.6 is 0 Å². The summed E-state index contributed by atoms with van der Waals surface area (Å²) in [4.78, 5) is 10.8. The molecule has 0 saturated heterocycles. The van der Waals surface area contributed by atoms with Crippen molar-refractivity contribution in [2.75, 3.05) is 6.61 Å². The fourth-order valence-electron chi connectivity index (χ4n) is 1.76. The summed E-state index contributed by atoms with van der Waals surface area (Å²) in [6.07, 6.45) is 0.949. The van der Waals surface area contributed by atoms with Crippen molar-refractivity contribution in [3.8, 4) is 0 Å². The van der Waals surface area contributed by atoms with Crippen LogP contribution in [0.5, 0.6) is 0 Å². The average Bonchev–Trinajstić information content (AvgIpc) is 2.46. The summed E-state index contributed by atoms with van der Waals surface area (Å²) in [6, 6.07) is 6.80. The molecule has 0 fully saturated rings. The number of benzene rings is 1. The van der Waals surface area contributed by atoms with Gasteiger partial charge < -0.3 is 14.3 Å². The molecule has 4 nitrogen and oxygen atoms in total. The quantitative estimate of drug-likeness (QED) is 0.698. The molecule has 0 amide bonds. The van der Waals surface area contributed by atoms with Crippen molar-refractivity contribution in [2.45, 2.75) is 65.0 Å². The van der Waals surface area contributed by atoms with Gasteiger partial charge in [-0.05, 0) is 42.2 Å². The summed E-state index contributed by atoms with van der Waals surface area (Å²) >= 11 is 0. The van der Waals surface area contributed by atoms with Crippen LogP contribution in [0.2, 0.25) is 18.1 Å². The van der Waals surface area contributed by atoms with Crippen molar-refractivity contribution in [2.24, 2.45) is 0 Å². The minimum atomic E-state index is -1.76. The average molecular weight is 339 g/mol. The second kappa shape index (κ2) is 8.08. The Balaban J connectivity index is 2.52. The van der Waals surface area contributed by atoms with E-state index in [1.54, 1.807) is 24.3 Å². The highest BCUT2D eigenvalue weighted by molar-refractivity contribution is 6.74. The zero-order valence-electron chi connectivity index (χ0n) is 15.2. The largest absolute Gasteiger partial charge is 0.478 e. The van der Waals surface area contributed by atoms with Crippen molar-refractivity contribution in [1.29, 1.82) is 0 Å². The van der Waals surface area contributed by atoms with Crippen LogP contribution in [-0.2, 0) is 15.8 Å². The van der Waals surface area contributed by atoms with Crippen LogP contribution in [0.15, 0.2) is 24.3 Å². The number of hydrogen-bond donors (Lipinski definition) is 1. The second-order valence-corrected chi connectivity index (χ2v) is 12.2. The molecule has 0 aliphatic carbocycles. The third-order valence-corrected chi connectivity index (χ3v) is 9.08. The number of ether oxygens (including phenoxy) is 1. The van der Waals surface area contributed by atoms with Crippen molar-refractivity contribution in [3.05, 3.63) is 35.4 Å². The Hall–Kier alpha value is -1.17. The summed E-state index contributed by atoms with van der Waals surface area (Å²) in [5.41, 5.74) is 1.27. The smallest absolute Gasteiger partial charge is 0.335 e. The second-order valence-electron chi connectivity index (χ2n) is 7.41. The van der Waals surface area contributed by atoms with Crippen molar-refractivity contribution in [3.63, 3.8) is 0 Å². The van der Waals surface area contributed by atoms with E-state index in [0.717, 1.165) is 12.0 Å². The van der Waals surface area contributed by atoms with E-state index < -0.39 is 14.3 Å². The molecule has 0 aliphatic heterocycles. The first-order valence-electron chi connectivity index (χ1n) is 8.14. The molecule has 1 N–H and O–H groups in total. The molecule has 1 rings (SSSR count). The highest BCUT2D eigenvalue weighted by Gasteiger charge is 2.37. The summed E-state index contributed by atoms with van der Waals surface area (Å²) < 4.78 is 12.2.